The summed E-state index contributed by atoms with van der Waals surface area (Å²) in [6.07, 6.45) is 1.39. The molecule has 4 nitrogen and oxygen atoms in total. The Morgan fingerprint density at radius 3 is 2.74 bits per heavy atom. The maximum absolute atomic E-state index is 13.7. The predicted molar refractivity (Wildman–Crippen MR) is 69.4 cm³/mol. The number of hydrogen-bond acceptors (Lipinski definition) is 3. The Balaban J connectivity index is 2.74. The Bertz CT molecular complexity index is 641. The Labute approximate surface area is 110 Å². The van der Waals surface area contributed by atoms with E-state index in [1.54, 1.807) is 25.1 Å². The molecule has 0 aliphatic heterocycles. The second kappa shape index (κ2) is 5.06. The van der Waals surface area contributed by atoms with Crippen LogP contribution in [0.1, 0.15) is 16.1 Å². The monoisotopic (exact) mass is 260 g/mol. The molecule has 2 N–H and O–H groups in total. The summed E-state index contributed by atoms with van der Waals surface area (Å²) < 4.78 is 18.8. The lowest BCUT2D eigenvalue weighted by molar-refractivity contribution is 0.100. The van der Waals surface area contributed by atoms with Crippen LogP contribution in [0.5, 0.6) is 5.75 Å². The van der Waals surface area contributed by atoms with Crippen LogP contribution in [0.2, 0.25) is 0 Å². The van der Waals surface area contributed by atoms with E-state index >= 15 is 0 Å². The van der Waals surface area contributed by atoms with E-state index in [0.717, 1.165) is 0 Å². The minimum atomic E-state index is -0.617. The molecule has 0 spiro atoms. The summed E-state index contributed by atoms with van der Waals surface area (Å²) in [5.41, 5.74) is 7.23. The number of hydrogen-bond donors (Lipinski definition) is 1. The van der Waals surface area contributed by atoms with E-state index in [4.69, 9.17) is 10.5 Å². The van der Waals surface area contributed by atoms with Gasteiger partial charge in [0, 0.05) is 23.0 Å². The number of ether oxygens (including phenoxy) is 1. The van der Waals surface area contributed by atoms with Gasteiger partial charge in [-0.25, -0.2) is 4.39 Å². The highest BCUT2D eigenvalue weighted by Gasteiger charge is 2.17. The van der Waals surface area contributed by atoms with Crippen LogP contribution in [-0.2, 0) is 0 Å². The lowest BCUT2D eigenvalue weighted by atomic mass is 9.99. The molecule has 1 heterocycles. The van der Waals surface area contributed by atoms with Gasteiger partial charge in [0.15, 0.2) is 11.6 Å². The molecule has 19 heavy (non-hydrogen) atoms. The number of pyridine rings is 1. The van der Waals surface area contributed by atoms with E-state index in [-0.39, 0.29) is 11.3 Å². The summed E-state index contributed by atoms with van der Waals surface area (Å²) in [5.74, 6) is -1.03. The zero-order valence-corrected chi connectivity index (χ0v) is 10.6. The summed E-state index contributed by atoms with van der Waals surface area (Å²) in [5, 5.41) is 0. The van der Waals surface area contributed by atoms with Gasteiger partial charge < -0.3 is 10.5 Å². The number of rotatable bonds is 3. The largest absolute Gasteiger partial charge is 0.493 e. The first-order valence-corrected chi connectivity index (χ1v) is 5.64. The van der Waals surface area contributed by atoms with E-state index in [2.05, 4.69) is 4.98 Å². The highest BCUT2D eigenvalue weighted by Crippen LogP contribution is 2.34. The van der Waals surface area contributed by atoms with Gasteiger partial charge in [-0.05, 0) is 19.1 Å². The third-order valence-corrected chi connectivity index (χ3v) is 2.77. The minimum Gasteiger partial charge on any atom is -0.493 e. The second-order valence-corrected chi connectivity index (χ2v) is 4.06. The van der Waals surface area contributed by atoms with Crippen molar-refractivity contribution in [1.82, 2.24) is 4.98 Å². The maximum Gasteiger partial charge on any atom is 0.250 e. The van der Waals surface area contributed by atoms with Gasteiger partial charge in [0.2, 0.25) is 0 Å². The van der Waals surface area contributed by atoms with Gasteiger partial charge in [-0.1, -0.05) is 12.1 Å². The molecule has 5 heteroatoms. The van der Waals surface area contributed by atoms with Crippen molar-refractivity contribution in [3.05, 3.63) is 47.5 Å². The minimum absolute atomic E-state index is 0.0793. The highest BCUT2D eigenvalue weighted by molar-refractivity contribution is 6.00. The molecule has 0 aliphatic rings. The van der Waals surface area contributed by atoms with Gasteiger partial charge in [-0.2, -0.15) is 0 Å². The number of amides is 1. The summed E-state index contributed by atoms with van der Waals surface area (Å²) in [7, 11) is 1.37. The van der Waals surface area contributed by atoms with Crippen molar-refractivity contribution >= 4 is 5.91 Å². The molecule has 0 unspecified atom stereocenters. The van der Waals surface area contributed by atoms with Crippen molar-refractivity contribution in [1.29, 1.82) is 0 Å². The molecule has 0 atom stereocenters. The van der Waals surface area contributed by atoms with E-state index in [9.17, 15) is 9.18 Å². The Morgan fingerprint density at radius 2 is 2.11 bits per heavy atom. The zero-order chi connectivity index (χ0) is 14.0. The van der Waals surface area contributed by atoms with Crippen LogP contribution in [-0.4, -0.2) is 18.0 Å². The van der Waals surface area contributed by atoms with Crippen LogP contribution in [0.3, 0.4) is 0 Å². The first kappa shape index (κ1) is 13.0. The van der Waals surface area contributed by atoms with Crippen LogP contribution in [0, 0.1) is 12.7 Å². The van der Waals surface area contributed by atoms with Crippen LogP contribution in [0.4, 0.5) is 4.39 Å². The summed E-state index contributed by atoms with van der Waals surface area (Å²) >= 11 is 0. The number of aromatic nitrogens is 1. The number of halogens is 1. The van der Waals surface area contributed by atoms with E-state index in [0.29, 0.717) is 16.8 Å². The molecule has 0 saturated carbocycles. The third kappa shape index (κ3) is 2.40. The number of benzene rings is 1. The number of carbonyl (C=O) groups excluding carboxylic acids is 1. The van der Waals surface area contributed by atoms with Crippen molar-refractivity contribution in [2.75, 3.05) is 7.11 Å². The normalized spacial score (nSPS) is 10.3. The molecule has 0 fully saturated rings. The number of carbonyl (C=O) groups is 1. The molecule has 2 rings (SSSR count). The molecular weight excluding hydrogens is 247 g/mol. The van der Waals surface area contributed by atoms with Gasteiger partial charge in [0.05, 0.1) is 12.7 Å². The van der Waals surface area contributed by atoms with E-state index < -0.39 is 11.7 Å². The van der Waals surface area contributed by atoms with Crippen LogP contribution in [0.25, 0.3) is 11.1 Å². The number of nitrogens with zero attached hydrogens (tertiary/aromatic N) is 1. The Morgan fingerprint density at radius 1 is 1.37 bits per heavy atom. The first-order valence-electron chi connectivity index (χ1n) is 5.64. The van der Waals surface area contributed by atoms with E-state index in [1.807, 2.05) is 0 Å². The maximum atomic E-state index is 13.7. The molecule has 0 aliphatic carbocycles. The highest BCUT2D eigenvalue weighted by atomic mass is 19.1. The third-order valence-electron chi connectivity index (χ3n) is 2.77. The van der Waals surface area contributed by atoms with Crippen molar-refractivity contribution in [3.8, 4) is 16.9 Å². The van der Waals surface area contributed by atoms with E-state index in [1.165, 1.54) is 19.4 Å². The zero-order valence-electron chi connectivity index (χ0n) is 10.6. The molecule has 1 aromatic heterocycles. The molecule has 0 saturated heterocycles. The summed E-state index contributed by atoms with van der Waals surface area (Å²) in [6, 6.07) is 6.19. The topological polar surface area (TPSA) is 65.2 Å². The number of para-hydroxylation sites is 1. The lowest BCUT2D eigenvalue weighted by Gasteiger charge is -2.12. The van der Waals surface area contributed by atoms with Crippen molar-refractivity contribution in [3.63, 3.8) is 0 Å². The van der Waals surface area contributed by atoms with Crippen LogP contribution in [0.15, 0.2) is 30.5 Å². The first-order chi connectivity index (χ1) is 9.04. The quantitative estimate of drug-likeness (QED) is 0.920. The lowest BCUT2D eigenvalue weighted by Crippen LogP contribution is -2.13. The molecule has 0 radical (unpaired) electrons. The molecule has 0 bridgehead atoms. The van der Waals surface area contributed by atoms with Gasteiger partial charge in [-0.3, -0.25) is 9.78 Å². The SMILES string of the molecule is COc1c(F)cccc1-c1cc(C)ncc1C(N)=O. The van der Waals surface area contributed by atoms with Crippen molar-refractivity contribution < 1.29 is 13.9 Å². The average Bonchev–Trinajstić information content (AvgIpc) is 2.37. The van der Waals surface area contributed by atoms with Gasteiger partial charge in [0.25, 0.3) is 5.91 Å². The average molecular weight is 260 g/mol. The Kier molecular flexibility index (Phi) is 3.46. The van der Waals surface area contributed by atoms with Crippen molar-refractivity contribution in [2.45, 2.75) is 6.92 Å². The smallest absolute Gasteiger partial charge is 0.250 e. The fraction of sp³-hybridized carbons (Fsp3) is 0.143. The number of primary amides is 1. The molecule has 1 amide bonds. The fourth-order valence-electron chi connectivity index (χ4n) is 1.91. The molecule has 98 valence electrons. The summed E-state index contributed by atoms with van der Waals surface area (Å²) in [4.78, 5) is 15.5. The van der Waals surface area contributed by atoms with Gasteiger partial charge in [0.1, 0.15) is 0 Å². The van der Waals surface area contributed by atoms with Crippen LogP contribution >= 0.6 is 0 Å². The fourth-order valence-corrected chi connectivity index (χ4v) is 1.91. The number of aryl methyl sites for hydroxylation is 1. The van der Waals surface area contributed by atoms with Crippen molar-refractivity contribution in [2.24, 2.45) is 5.73 Å². The molecule has 2 aromatic rings. The number of nitrogens with two attached hydrogens (primary N) is 1. The van der Waals surface area contributed by atoms with Gasteiger partial charge in [-0.15, -0.1) is 0 Å². The molecular formula is C14H13FN2O2. The molecule has 1 aromatic carbocycles. The second-order valence-electron chi connectivity index (χ2n) is 4.06. The summed E-state index contributed by atoms with van der Waals surface area (Å²) in [6.45, 7) is 1.78. The predicted octanol–water partition coefficient (Wildman–Crippen LogP) is 2.30. The Hall–Kier alpha value is -2.43. The van der Waals surface area contributed by atoms with Crippen LogP contribution < -0.4 is 10.5 Å². The van der Waals surface area contributed by atoms with Gasteiger partial charge >= 0.3 is 0 Å². The standard InChI is InChI=1S/C14H13FN2O2/c1-8-6-10(11(7-17-8)14(16)18)9-4-3-5-12(15)13(9)19-2/h3-7H,1-2H3,(H2,16,18). The number of methoxy groups -OCH3 is 1.